The van der Waals surface area contributed by atoms with Crippen molar-refractivity contribution in [3.63, 3.8) is 0 Å². The fourth-order valence-electron chi connectivity index (χ4n) is 3.88. The predicted molar refractivity (Wildman–Crippen MR) is 104 cm³/mol. The van der Waals surface area contributed by atoms with Crippen molar-refractivity contribution in [1.29, 1.82) is 0 Å². The number of nitrogens with zero attached hydrogens (tertiary/aromatic N) is 4. The smallest absolute Gasteiger partial charge is 0.282 e. The van der Waals surface area contributed by atoms with Crippen LogP contribution in [-0.2, 0) is 14.9 Å². The molecule has 0 bridgehead atoms. The van der Waals surface area contributed by atoms with Crippen molar-refractivity contribution in [3.05, 3.63) is 30.0 Å². The number of ether oxygens (including phenoxy) is 1. The van der Waals surface area contributed by atoms with Gasteiger partial charge in [-0.25, -0.2) is 0 Å². The highest BCUT2D eigenvalue weighted by molar-refractivity contribution is 7.86. The maximum atomic E-state index is 13.0. The van der Waals surface area contributed by atoms with Gasteiger partial charge in [0.2, 0.25) is 0 Å². The standard InChI is InChI=1S/C18H25N5O4S/c1-13-11-23(12-14(2)27-13)28(25,26)22-9-7-21(8-10-22)18(24)17-15-5-3-4-6-16(15)19-20-17/h3-6,13-14H,7-12H2,1-2H3,(H,19,20)/t13-,14+. The normalized spacial score (nSPS) is 25.3. The summed E-state index contributed by atoms with van der Waals surface area (Å²) >= 11 is 0. The molecule has 2 saturated heterocycles. The molecule has 2 fully saturated rings. The first-order chi connectivity index (χ1) is 13.4. The molecule has 3 heterocycles. The Morgan fingerprint density at radius 3 is 2.39 bits per heavy atom. The van der Waals surface area contributed by atoms with Gasteiger partial charge >= 0.3 is 0 Å². The van der Waals surface area contributed by atoms with Crippen LogP contribution in [0.2, 0.25) is 0 Å². The maximum absolute atomic E-state index is 13.0. The lowest BCUT2D eigenvalue weighted by molar-refractivity contribution is -0.0457. The minimum Gasteiger partial charge on any atom is -0.373 e. The Morgan fingerprint density at radius 1 is 1.07 bits per heavy atom. The fourth-order valence-corrected chi connectivity index (χ4v) is 5.63. The molecule has 0 spiro atoms. The van der Waals surface area contributed by atoms with E-state index >= 15 is 0 Å². The monoisotopic (exact) mass is 407 g/mol. The Labute approximate surface area is 164 Å². The zero-order valence-electron chi connectivity index (χ0n) is 16.0. The number of benzene rings is 1. The summed E-state index contributed by atoms with van der Waals surface area (Å²) in [6.45, 7) is 5.69. The number of morpholine rings is 1. The minimum absolute atomic E-state index is 0.130. The predicted octanol–water partition coefficient (Wildman–Crippen LogP) is 0.675. The van der Waals surface area contributed by atoms with Gasteiger partial charge in [0, 0.05) is 44.7 Å². The summed E-state index contributed by atoms with van der Waals surface area (Å²) in [6, 6.07) is 7.47. The van der Waals surface area contributed by atoms with Gasteiger partial charge in [-0.2, -0.15) is 22.1 Å². The number of amides is 1. The second-order valence-electron chi connectivity index (χ2n) is 7.39. The highest BCUT2D eigenvalue weighted by atomic mass is 32.2. The molecule has 0 unspecified atom stereocenters. The Morgan fingerprint density at radius 2 is 1.71 bits per heavy atom. The lowest BCUT2D eigenvalue weighted by Crippen LogP contribution is -2.57. The lowest BCUT2D eigenvalue weighted by atomic mass is 10.2. The molecule has 0 radical (unpaired) electrons. The number of carbonyl (C=O) groups is 1. The van der Waals surface area contributed by atoms with E-state index in [2.05, 4.69) is 10.2 Å². The second-order valence-corrected chi connectivity index (χ2v) is 9.32. The molecular formula is C18H25N5O4S. The molecule has 2 aliphatic heterocycles. The van der Waals surface area contributed by atoms with Gasteiger partial charge in [0.15, 0.2) is 5.69 Å². The third-order valence-electron chi connectivity index (χ3n) is 5.24. The Hall–Kier alpha value is -2.01. The first-order valence-electron chi connectivity index (χ1n) is 9.49. The van der Waals surface area contributed by atoms with Gasteiger partial charge in [0.1, 0.15) is 0 Å². The van der Waals surface area contributed by atoms with Crippen molar-refractivity contribution < 1.29 is 17.9 Å². The quantitative estimate of drug-likeness (QED) is 0.807. The number of aromatic amines is 1. The molecular weight excluding hydrogens is 382 g/mol. The largest absolute Gasteiger partial charge is 0.373 e. The highest BCUT2D eigenvalue weighted by Crippen LogP contribution is 2.21. The summed E-state index contributed by atoms with van der Waals surface area (Å²) in [5.74, 6) is -0.178. The number of aromatic nitrogens is 2. The summed E-state index contributed by atoms with van der Waals surface area (Å²) in [4.78, 5) is 14.5. The molecule has 1 amide bonds. The van der Waals surface area contributed by atoms with Gasteiger partial charge in [0.25, 0.3) is 16.1 Å². The van der Waals surface area contributed by atoms with Crippen LogP contribution in [0.3, 0.4) is 0 Å². The van der Waals surface area contributed by atoms with Crippen LogP contribution >= 0.6 is 0 Å². The van der Waals surface area contributed by atoms with E-state index < -0.39 is 10.2 Å². The topological polar surface area (TPSA) is 98.8 Å². The summed E-state index contributed by atoms with van der Waals surface area (Å²) in [5, 5.41) is 7.80. The zero-order valence-corrected chi connectivity index (χ0v) is 16.9. The minimum atomic E-state index is -3.56. The summed E-state index contributed by atoms with van der Waals surface area (Å²) in [5.41, 5.74) is 1.19. The van der Waals surface area contributed by atoms with E-state index in [0.717, 1.165) is 10.9 Å². The van der Waals surface area contributed by atoms with Gasteiger partial charge in [-0.15, -0.1) is 0 Å². The van der Waals surface area contributed by atoms with Crippen LogP contribution in [0.5, 0.6) is 0 Å². The van der Waals surface area contributed by atoms with E-state index in [4.69, 9.17) is 4.74 Å². The molecule has 0 saturated carbocycles. The molecule has 0 aliphatic carbocycles. The zero-order chi connectivity index (χ0) is 19.9. The third kappa shape index (κ3) is 3.52. The van der Waals surface area contributed by atoms with Crippen molar-refractivity contribution in [2.45, 2.75) is 26.1 Å². The van der Waals surface area contributed by atoms with Crippen LogP contribution in [0.4, 0.5) is 0 Å². The molecule has 4 rings (SSSR count). The fraction of sp³-hybridized carbons (Fsp3) is 0.556. The number of para-hydroxylation sites is 1. The highest BCUT2D eigenvalue weighted by Gasteiger charge is 2.37. The molecule has 10 heteroatoms. The Bertz CT molecular complexity index is 957. The van der Waals surface area contributed by atoms with Crippen molar-refractivity contribution >= 4 is 27.0 Å². The number of piperazine rings is 1. The van der Waals surface area contributed by atoms with Gasteiger partial charge in [0.05, 0.1) is 17.7 Å². The van der Waals surface area contributed by atoms with Crippen LogP contribution in [0.15, 0.2) is 24.3 Å². The second kappa shape index (κ2) is 7.43. The molecule has 2 aliphatic rings. The number of hydrogen-bond donors (Lipinski definition) is 1. The molecule has 1 aromatic heterocycles. The Kier molecular flexibility index (Phi) is 5.13. The number of rotatable bonds is 3. The first-order valence-corrected chi connectivity index (χ1v) is 10.9. The van der Waals surface area contributed by atoms with E-state index in [0.29, 0.717) is 31.9 Å². The van der Waals surface area contributed by atoms with Crippen LogP contribution in [0.1, 0.15) is 24.3 Å². The number of nitrogens with one attached hydrogen (secondary N) is 1. The summed E-state index contributed by atoms with van der Waals surface area (Å²) in [7, 11) is -3.56. The molecule has 28 heavy (non-hydrogen) atoms. The number of carbonyl (C=O) groups excluding carboxylic acids is 1. The molecule has 1 N–H and O–H groups in total. The lowest BCUT2D eigenvalue weighted by Gasteiger charge is -2.40. The van der Waals surface area contributed by atoms with Gasteiger partial charge < -0.3 is 9.64 Å². The summed E-state index contributed by atoms with van der Waals surface area (Å²) in [6.07, 6.45) is -0.260. The van der Waals surface area contributed by atoms with Crippen molar-refractivity contribution in [2.24, 2.45) is 0 Å². The Balaban J connectivity index is 1.43. The van der Waals surface area contributed by atoms with E-state index in [-0.39, 0.29) is 31.2 Å². The van der Waals surface area contributed by atoms with E-state index in [1.54, 1.807) is 4.90 Å². The summed E-state index contributed by atoms with van der Waals surface area (Å²) < 4.78 is 34.6. The van der Waals surface area contributed by atoms with Gasteiger partial charge in [-0.05, 0) is 19.9 Å². The van der Waals surface area contributed by atoms with Crippen LogP contribution < -0.4 is 0 Å². The van der Waals surface area contributed by atoms with Gasteiger partial charge in [-0.3, -0.25) is 9.89 Å². The van der Waals surface area contributed by atoms with Crippen LogP contribution in [-0.4, -0.2) is 89.5 Å². The first kappa shape index (κ1) is 19.3. The SMILES string of the molecule is C[C@@H]1CN(S(=O)(=O)N2CCN(C(=O)c3n[nH]c4ccccc34)CC2)C[C@H](C)O1. The molecule has 1 aromatic carbocycles. The maximum Gasteiger partial charge on any atom is 0.282 e. The molecule has 2 atom stereocenters. The molecule has 152 valence electrons. The van der Waals surface area contributed by atoms with Crippen molar-refractivity contribution in [3.8, 4) is 0 Å². The van der Waals surface area contributed by atoms with E-state index in [1.807, 2.05) is 38.1 Å². The van der Waals surface area contributed by atoms with Gasteiger partial charge in [-0.1, -0.05) is 18.2 Å². The van der Waals surface area contributed by atoms with Crippen LogP contribution in [0.25, 0.3) is 10.9 Å². The third-order valence-corrected chi connectivity index (χ3v) is 7.21. The van der Waals surface area contributed by atoms with E-state index in [1.165, 1.54) is 8.61 Å². The number of hydrogen-bond acceptors (Lipinski definition) is 5. The average Bonchev–Trinajstić information content (AvgIpc) is 3.11. The van der Waals surface area contributed by atoms with Crippen molar-refractivity contribution in [2.75, 3.05) is 39.3 Å². The van der Waals surface area contributed by atoms with Crippen LogP contribution in [0, 0.1) is 0 Å². The van der Waals surface area contributed by atoms with E-state index in [9.17, 15) is 13.2 Å². The van der Waals surface area contributed by atoms with Crippen molar-refractivity contribution in [1.82, 2.24) is 23.7 Å². The number of fused-ring (bicyclic) bond motifs is 1. The number of H-pyrrole nitrogens is 1. The average molecular weight is 407 g/mol. The molecule has 9 nitrogen and oxygen atoms in total. The molecule has 2 aromatic rings.